The quantitative estimate of drug-likeness (QED) is 0.854. The highest BCUT2D eigenvalue weighted by atomic mass is 32.2. The van der Waals surface area contributed by atoms with Crippen molar-refractivity contribution in [3.8, 4) is 0 Å². The summed E-state index contributed by atoms with van der Waals surface area (Å²) in [4.78, 5) is 2.58. The summed E-state index contributed by atoms with van der Waals surface area (Å²) in [7, 11) is 0.821. The minimum atomic E-state index is -3.15. The normalized spacial score (nSPS) is 24.2. The predicted octanol–water partition coefficient (Wildman–Crippen LogP) is 3.52. The summed E-state index contributed by atoms with van der Waals surface area (Å²) in [5, 5.41) is 0. The molecule has 2 atom stereocenters. The molecule has 1 aliphatic rings. The maximum Gasteiger partial charge on any atom is 0.178 e. The maximum absolute atomic E-state index is 12.7. The Morgan fingerprint density at radius 3 is 2.62 bits per heavy atom. The molecule has 1 aromatic carbocycles. The summed E-state index contributed by atoms with van der Waals surface area (Å²) >= 11 is 0. The van der Waals surface area contributed by atoms with Crippen molar-refractivity contribution < 1.29 is 8.42 Å². The minimum absolute atomic E-state index is 0.283. The van der Waals surface area contributed by atoms with Gasteiger partial charge < -0.3 is 4.90 Å². The fraction of sp³-hybridized carbons (Fsp3) is 0.647. The Labute approximate surface area is 129 Å². The minimum Gasteiger partial charge on any atom is -0.378 e. The first-order valence-corrected chi connectivity index (χ1v) is 9.53. The first kappa shape index (κ1) is 16.3. The Hall–Kier alpha value is -1.03. The zero-order valence-corrected chi connectivity index (χ0v) is 14.4. The smallest absolute Gasteiger partial charge is 0.178 e. The van der Waals surface area contributed by atoms with Crippen molar-refractivity contribution in [2.24, 2.45) is 11.8 Å². The van der Waals surface area contributed by atoms with Crippen LogP contribution >= 0.6 is 0 Å². The summed E-state index contributed by atoms with van der Waals surface area (Å²) in [6, 6.07) is 5.76. The molecule has 0 amide bonds. The lowest BCUT2D eigenvalue weighted by Gasteiger charge is -2.20. The molecular weight excluding hydrogens is 282 g/mol. The van der Waals surface area contributed by atoms with E-state index < -0.39 is 9.84 Å². The van der Waals surface area contributed by atoms with Gasteiger partial charge in [-0.3, -0.25) is 0 Å². The molecule has 0 N–H and O–H groups in total. The monoisotopic (exact) mass is 309 g/mol. The second-order valence-electron chi connectivity index (χ2n) is 6.55. The fourth-order valence-corrected chi connectivity index (χ4v) is 5.25. The highest BCUT2D eigenvalue weighted by Crippen LogP contribution is 2.34. The summed E-state index contributed by atoms with van der Waals surface area (Å²) in [5.74, 6) is 1.01. The SMILES string of the molecule is CCCCC1CS(=O)(=O)c2ccc(N(C)C)cc2CC1C. The molecule has 0 radical (unpaired) electrons. The van der Waals surface area contributed by atoms with Crippen molar-refractivity contribution >= 4 is 15.5 Å². The first-order valence-electron chi connectivity index (χ1n) is 7.88. The summed E-state index contributed by atoms with van der Waals surface area (Å²) in [6.45, 7) is 4.36. The van der Waals surface area contributed by atoms with Crippen molar-refractivity contribution in [3.63, 3.8) is 0 Å². The van der Waals surface area contributed by atoms with Crippen molar-refractivity contribution in [2.45, 2.75) is 44.4 Å². The van der Waals surface area contributed by atoms with Crippen LogP contribution in [0.5, 0.6) is 0 Å². The van der Waals surface area contributed by atoms with Crippen LogP contribution in [0.4, 0.5) is 5.69 Å². The molecule has 1 heterocycles. The van der Waals surface area contributed by atoms with E-state index in [2.05, 4.69) is 13.8 Å². The molecule has 2 rings (SSSR count). The molecule has 2 unspecified atom stereocenters. The number of hydrogen-bond donors (Lipinski definition) is 0. The van der Waals surface area contributed by atoms with Crippen LogP contribution in [0.15, 0.2) is 23.1 Å². The maximum atomic E-state index is 12.7. The van der Waals surface area contributed by atoms with Gasteiger partial charge in [0.05, 0.1) is 10.6 Å². The van der Waals surface area contributed by atoms with Gasteiger partial charge in [0.2, 0.25) is 0 Å². The topological polar surface area (TPSA) is 37.4 Å². The van der Waals surface area contributed by atoms with Crippen LogP contribution in [0.3, 0.4) is 0 Å². The average Bonchev–Trinajstić information content (AvgIpc) is 2.51. The Bertz CT molecular complexity index is 593. The van der Waals surface area contributed by atoms with Gasteiger partial charge in [0, 0.05) is 19.8 Å². The standard InChI is InChI=1S/C17H27NO2S/c1-5-6-7-14-12-21(19,20)17-9-8-16(18(3)4)11-15(17)10-13(14)2/h8-9,11,13-14H,5-7,10,12H2,1-4H3. The molecule has 1 aromatic rings. The number of sulfone groups is 1. The molecule has 0 bridgehead atoms. The Morgan fingerprint density at radius 1 is 1.29 bits per heavy atom. The molecule has 1 aliphatic heterocycles. The molecule has 0 aromatic heterocycles. The van der Waals surface area contributed by atoms with Crippen molar-refractivity contribution in [1.29, 1.82) is 0 Å². The van der Waals surface area contributed by atoms with E-state index in [0.717, 1.165) is 36.9 Å². The van der Waals surface area contributed by atoms with Crippen LogP contribution in [0, 0.1) is 11.8 Å². The van der Waals surface area contributed by atoms with E-state index >= 15 is 0 Å². The van der Waals surface area contributed by atoms with Gasteiger partial charge in [0.1, 0.15) is 0 Å². The van der Waals surface area contributed by atoms with Crippen molar-refractivity contribution in [1.82, 2.24) is 0 Å². The summed E-state index contributed by atoms with van der Waals surface area (Å²) < 4.78 is 25.4. The molecule has 0 fully saturated rings. The Morgan fingerprint density at radius 2 is 2.00 bits per heavy atom. The van der Waals surface area contributed by atoms with Crippen LogP contribution < -0.4 is 4.90 Å². The second-order valence-corrected chi connectivity index (χ2v) is 8.55. The fourth-order valence-electron chi connectivity index (χ4n) is 3.19. The summed E-state index contributed by atoms with van der Waals surface area (Å²) in [5.41, 5.74) is 2.07. The molecular formula is C17H27NO2S. The van der Waals surface area contributed by atoms with E-state index in [1.807, 2.05) is 31.1 Å². The van der Waals surface area contributed by atoms with Crippen LogP contribution in [0.2, 0.25) is 0 Å². The molecule has 4 heteroatoms. The molecule has 118 valence electrons. The third-order valence-electron chi connectivity index (χ3n) is 4.60. The van der Waals surface area contributed by atoms with Gasteiger partial charge in [-0.15, -0.1) is 0 Å². The highest BCUT2D eigenvalue weighted by molar-refractivity contribution is 7.91. The number of fused-ring (bicyclic) bond motifs is 1. The van der Waals surface area contributed by atoms with E-state index in [1.54, 1.807) is 6.07 Å². The molecule has 0 aliphatic carbocycles. The number of unbranched alkanes of at least 4 members (excludes halogenated alkanes) is 1. The first-order chi connectivity index (χ1) is 9.85. The van der Waals surface area contributed by atoms with E-state index in [1.165, 1.54) is 0 Å². The molecule has 0 saturated carbocycles. The molecule has 0 spiro atoms. The van der Waals surface area contributed by atoms with Gasteiger partial charge in [0.15, 0.2) is 9.84 Å². The largest absolute Gasteiger partial charge is 0.378 e. The van der Waals surface area contributed by atoms with Gasteiger partial charge >= 0.3 is 0 Å². The van der Waals surface area contributed by atoms with Gasteiger partial charge in [0.25, 0.3) is 0 Å². The Balaban J connectivity index is 2.39. The summed E-state index contributed by atoms with van der Waals surface area (Å²) in [6.07, 6.45) is 4.13. The van der Waals surface area contributed by atoms with Gasteiger partial charge in [-0.25, -0.2) is 8.42 Å². The number of anilines is 1. The second kappa shape index (κ2) is 6.39. The molecule has 21 heavy (non-hydrogen) atoms. The zero-order valence-electron chi connectivity index (χ0n) is 13.6. The zero-order chi connectivity index (χ0) is 15.6. The van der Waals surface area contributed by atoms with Crippen molar-refractivity contribution in [2.75, 3.05) is 24.7 Å². The van der Waals surface area contributed by atoms with Crippen LogP contribution in [-0.2, 0) is 16.3 Å². The number of nitrogens with zero attached hydrogens (tertiary/aromatic N) is 1. The van der Waals surface area contributed by atoms with Crippen LogP contribution in [0.25, 0.3) is 0 Å². The average molecular weight is 309 g/mol. The van der Waals surface area contributed by atoms with E-state index in [0.29, 0.717) is 16.6 Å². The van der Waals surface area contributed by atoms with Crippen LogP contribution in [0.1, 0.15) is 38.7 Å². The van der Waals surface area contributed by atoms with Gasteiger partial charge in [-0.1, -0.05) is 26.7 Å². The molecule has 0 saturated heterocycles. The van der Waals surface area contributed by atoms with Crippen molar-refractivity contribution in [3.05, 3.63) is 23.8 Å². The van der Waals surface area contributed by atoms with E-state index in [-0.39, 0.29) is 5.92 Å². The third kappa shape index (κ3) is 3.60. The van der Waals surface area contributed by atoms with Crippen LogP contribution in [-0.4, -0.2) is 28.3 Å². The highest BCUT2D eigenvalue weighted by Gasteiger charge is 2.31. The molecule has 3 nitrogen and oxygen atoms in total. The number of hydrogen-bond acceptors (Lipinski definition) is 3. The lowest BCUT2D eigenvalue weighted by Crippen LogP contribution is -2.20. The lowest BCUT2D eigenvalue weighted by molar-refractivity contribution is 0.357. The Kier molecular flexibility index (Phi) is 4.97. The predicted molar refractivity (Wildman–Crippen MR) is 88.7 cm³/mol. The lowest BCUT2D eigenvalue weighted by atomic mass is 9.86. The number of benzene rings is 1. The van der Waals surface area contributed by atoms with Gasteiger partial charge in [-0.05, 0) is 48.4 Å². The van der Waals surface area contributed by atoms with Gasteiger partial charge in [-0.2, -0.15) is 0 Å². The number of rotatable bonds is 4. The third-order valence-corrected chi connectivity index (χ3v) is 6.54. The van der Waals surface area contributed by atoms with E-state index in [9.17, 15) is 8.42 Å². The van der Waals surface area contributed by atoms with E-state index in [4.69, 9.17) is 0 Å².